The summed E-state index contributed by atoms with van der Waals surface area (Å²) in [6.45, 7) is 1.51. The predicted octanol–water partition coefficient (Wildman–Crippen LogP) is 4.49. The van der Waals surface area contributed by atoms with Crippen molar-refractivity contribution in [3.63, 3.8) is 0 Å². The van der Waals surface area contributed by atoms with Crippen LogP contribution in [0.3, 0.4) is 0 Å². The highest BCUT2D eigenvalue weighted by atomic mass is 35.5. The van der Waals surface area contributed by atoms with E-state index in [0.29, 0.717) is 16.1 Å². The van der Waals surface area contributed by atoms with Crippen LogP contribution in [0.2, 0.25) is 5.02 Å². The van der Waals surface area contributed by atoms with Crippen LogP contribution < -0.4 is 4.74 Å². The minimum Gasteiger partial charge on any atom is -0.475 e. The number of hydrogen-bond donors (Lipinski definition) is 0. The molecule has 1 atom stereocenters. The van der Waals surface area contributed by atoms with Gasteiger partial charge in [0.25, 0.3) is 0 Å². The number of ether oxygens (including phenoxy) is 2. The summed E-state index contributed by atoms with van der Waals surface area (Å²) in [5, 5.41) is 0.402. The fraction of sp³-hybridized carbons (Fsp3) is 0.438. The minimum atomic E-state index is -4.71. The maximum atomic E-state index is 13.3. The molecule has 3 nitrogen and oxygen atoms in total. The molecule has 1 saturated carbocycles. The van der Waals surface area contributed by atoms with Crippen LogP contribution in [0.1, 0.15) is 36.8 Å². The Bertz CT molecular complexity index is 678. The van der Waals surface area contributed by atoms with E-state index in [2.05, 4.69) is 0 Å². The van der Waals surface area contributed by atoms with Gasteiger partial charge in [0.1, 0.15) is 5.75 Å². The molecule has 1 heterocycles. The molecule has 1 aromatic rings. The molecule has 2 aliphatic rings. The molecule has 1 aromatic carbocycles. The standard InChI is InChI=1S/C16H14ClF3O3/c1-2-22-15(21)12-6-9-5-10(17)7-11(8-3-4-8)13(9)23-14(12)16(18,19)20/h5-8,14H,2-4H2,1H3. The lowest BCUT2D eigenvalue weighted by Crippen LogP contribution is -2.41. The molecule has 0 saturated heterocycles. The van der Waals surface area contributed by atoms with Gasteiger partial charge < -0.3 is 9.47 Å². The Morgan fingerprint density at radius 1 is 1.39 bits per heavy atom. The van der Waals surface area contributed by atoms with E-state index in [9.17, 15) is 18.0 Å². The van der Waals surface area contributed by atoms with Crippen molar-refractivity contribution in [2.75, 3.05) is 6.61 Å². The monoisotopic (exact) mass is 346 g/mol. The molecular weight excluding hydrogens is 333 g/mol. The SMILES string of the molecule is CCOC(=O)C1=Cc2cc(Cl)cc(C3CC3)c2OC1C(F)(F)F. The van der Waals surface area contributed by atoms with E-state index in [1.54, 1.807) is 6.07 Å². The third-order valence-electron chi connectivity index (χ3n) is 3.77. The van der Waals surface area contributed by atoms with E-state index in [4.69, 9.17) is 21.1 Å². The third kappa shape index (κ3) is 3.17. The largest absolute Gasteiger partial charge is 0.475 e. The Labute approximate surface area is 136 Å². The molecule has 124 valence electrons. The van der Waals surface area contributed by atoms with Gasteiger partial charge in [-0.1, -0.05) is 11.6 Å². The second-order valence-electron chi connectivity index (χ2n) is 5.55. The number of carbonyl (C=O) groups excluding carboxylic acids is 1. The number of esters is 1. The van der Waals surface area contributed by atoms with Crippen molar-refractivity contribution in [2.45, 2.75) is 38.0 Å². The van der Waals surface area contributed by atoms with Gasteiger partial charge in [0.15, 0.2) is 0 Å². The van der Waals surface area contributed by atoms with Crippen molar-refractivity contribution >= 4 is 23.6 Å². The van der Waals surface area contributed by atoms with Gasteiger partial charge in [0, 0.05) is 10.6 Å². The van der Waals surface area contributed by atoms with Gasteiger partial charge in [0.2, 0.25) is 6.10 Å². The number of hydrogen-bond acceptors (Lipinski definition) is 3. The van der Waals surface area contributed by atoms with Crippen molar-refractivity contribution in [1.82, 2.24) is 0 Å². The molecule has 0 N–H and O–H groups in total. The van der Waals surface area contributed by atoms with Crippen LogP contribution in [0.5, 0.6) is 5.75 Å². The number of carbonyl (C=O) groups is 1. The molecule has 1 aliphatic heterocycles. The molecule has 0 spiro atoms. The number of fused-ring (bicyclic) bond motifs is 1. The quantitative estimate of drug-likeness (QED) is 0.757. The topological polar surface area (TPSA) is 35.5 Å². The van der Waals surface area contributed by atoms with Crippen LogP contribution in [0.4, 0.5) is 13.2 Å². The van der Waals surface area contributed by atoms with E-state index >= 15 is 0 Å². The zero-order valence-corrected chi connectivity index (χ0v) is 13.0. The molecule has 1 aliphatic carbocycles. The molecule has 0 amide bonds. The summed E-state index contributed by atoms with van der Waals surface area (Å²) in [6.07, 6.45) is -4.08. The van der Waals surface area contributed by atoms with Crippen molar-refractivity contribution < 1.29 is 27.4 Å². The average molecular weight is 347 g/mol. The Morgan fingerprint density at radius 2 is 2.09 bits per heavy atom. The van der Waals surface area contributed by atoms with Gasteiger partial charge in [-0.2, -0.15) is 13.2 Å². The normalized spacial score (nSPS) is 20.4. The van der Waals surface area contributed by atoms with Gasteiger partial charge in [0.05, 0.1) is 12.2 Å². The Kier molecular flexibility index (Phi) is 4.04. The number of benzene rings is 1. The fourth-order valence-electron chi connectivity index (χ4n) is 2.63. The van der Waals surface area contributed by atoms with E-state index in [1.165, 1.54) is 19.1 Å². The van der Waals surface area contributed by atoms with Gasteiger partial charge in [-0.05, 0) is 49.5 Å². The molecule has 0 radical (unpaired) electrons. The first-order chi connectivity index (χ1) is 10.8. The summed E-state index contributed by atoms with van der Waals surface area (Å²) in [6, 6.07) is 3.13. The second-order valence-corrected chi connectivity index (χ2v) is 5.98. The lowest BCUT2D eigenvalue weighted by Gasteiger charge is -2.29. The maximum absolute atomic E-state index is 13.3. The van der Waals surface area contributed by atoms with Crippen LogP contribution in [0, 0.1) is 0 Å². The average Bonchev–Trinajstić information content (AvgIpc) is 3.28. The first-order valence-corrected chi connectivity index (χ1v) is 7.64. The van der Waals surface area contributed by atoms with Crippen molar-refractivity contribution in [2.24, 2.45) is 0 Å². The molecule has 1 fully saturated rings. The van der Waals surface area contributed by atoms with Crippen molar-refractivity contribution in [3.8, 4) is 5.75 Å². The lowest BCUT2D eigenvalue weighted by molar-refractivity contribution is -0.188. The van der Waals surface area contributed by atoms with Gasteiger partial charge in [-0.15, -0.1) is 0 Å². The van der Waals surface area contributed by atoms with Crippen LogP contribution in [0.25, 0.3) is 6.08 Å². The smallest absolute Gasteiger partial charge is 0.430 e. The van der Waals surface area contributed by atoms with E-state index < -0.39 is 23.8 Å². The highest BCUT2D eigenvalue weighted by molar-refractivity contribution is 6.31. The van der Waals surface area contributed by atoms with Crippen LogP contribution in [-0.4, -0.2) is 24.9 Å². The summed E-state index contributed by atoms with van der Waals surface area (Å²) < 4.78 is 49.9. The number of alkyl halides is 3. The molecular formula is C16H14ClF3O3. The summed E-state index contributed by atoms with van der Waals surface area (Å²) in [5.41, 5.74) is 0.486. The minimum absolute atomic E-state index is 0.0174. The van der Waals surface area contributed by atoms with Crippen LogP contribution >= 0.6 is 11.6 Å². The van der Waals surface area contributed by atoms with Crippen LogP contribution in [-0.2, 0) is 9.53 Å². The van der Waals surface area contributed by atoms with E-state index in [-0.39, 0.29) is 18.3 Å². The lowest BCUT2D eigenvalue weighted by atomic mass is 9.97. The summed E-state index contributed by atoms with van der Waals surface area (Å²) in [7, 11) is 0. The van der Waals surface area contributed by atoms with E-state index in [1.807, 2.05) is 0 Å². The number of rotatable bonds is 3. The molecule has 0 aromatic heterocycles. The molecule has 1 unspecified atom stereocenters. The Hall–Kier alpha value is -1.69. The van der Waals surface area contributed by atoms with E-state index in [0.717, 1.165) is 12.8 Å². The fourth-order valence-corrected chi connectivity index (χ4v) is 2.86. The Morgan fingerprint density at radius 3 is 2.65 bits per heavy atom. The molecule has 3 rings (SSSR count). The third-order valence-corrected chi connectivity index (χ3v) is 3.98. The molecule has 0 bridgehead atoms. The maximum Gasteiger partial charge on any atom is 0.430 e. The van der Waals surface area contributed by atoms with Gasteiger partial charge in [-0.25, -0.2) is 4.79 Å². The summed E-state index contributed by atoms with van der Waals surface area (Å²) in [4.78, 5) is 11.9. The molecule has 7 heteroatoms. The molecule has 23 heavy (non-hydrogen) atoms. The highest BCUT2D eigenvalue weighted by Crippen LogP contribution is 2.49. The van der Waals surface area contributed by atoms with Crippen LogP contribution in [0.15, 0.2) is 17.7 Å². The van der Waals surface area contributed by atoms with Gasteiger partial charge in [-0.3, -0.25) is 0 Å². The Balaban J connectivity index is 2.10. The van der Waals surface area contributed by atoms with Crippen molar-refractivity contribution in [1.29, 1.82) is 0 Å². The first kappa shape index (κ1) is 16.2. The second kappa shape index (κ2) is 5.74. The number of halogens is 4. The summed E-state index contributed by atoms with van der Waals surface area (Å²) in [5.74, 6) is -0.713. The van der Waals surface area contributed by atoms with Crippen molar-refractivity contribution in [3.05, 3.63) is 33.9 Å². The zero-order valence-electron chi connectivity index (χ0n) is 12.2. The first-order valence-electron chi connectivity index (χ1n) is 7.26. The highest BCUT2D eigenvalue weighted by Gasteiger charge is 2.49. The zero-order chi connectivity index (χ0) is 16.8. The predicted molar refractivity (Wildman–Crippen MR) is 78.5 cm³/mol. The summed E-state index contributed by atoms with van der Waals surface area (Å²) >= 11 is 6.05. The van der Waals surface area contributed by atoms with Gasteiger partial charge >= 0.3 is 12.1 Å².